The summed E-state index contributed by atoms with van der Waals surface area (Å²) < 4.78 is 13.3. The number of hydrogen-bond acceptors (Lipinski definition) is 5. The van der Waals surface area contributed by atoms with Crippen molar-refractivity contribution in [1.29, 1.82) is 0 Å². The maximum Gasteiger partial charge on any atom is 0.274 e. The number of benzene rings is 2. The zero-order valence-corrected chi connectivity index (χ0v) is 15.8. The van der Waals surface area contributed by atoms with Gasteiger partial charge in [0.15, 0.2) is 0 Å². The maximum atomic E-state index is 13.3. The monoisotopic (exact) mass is 379 g/mol. The summed E-state index contributed by atoms with van der Waals surface area (Å²) >= 11 is 0. The van der Waals surface area contributed by atoms with Crippen LogP contribution in [0.5, 0.6) is 0 Å². The summed E-state index contributed by atoms with van der Waals surface area (Å²) in [5, 5.41) is 5.79. The Hall–Kier alpha value is -3.48. The fourth-order valence-corrected chi connectivity index (χ4v) is 2.80. The molecule has 2 aromatic carbocycles. The molecule has 1 aromatic heterocycles. The predicted molar refractivity (Wildman–Crippen MR) is 110 cm³/mol. The van der Waals surface area contributed by atoms with Crippen LogP contribution in [0.1, 0.15) is 24.3 Å². The molecule has 0 aliphatic carbocycles. The van der Waals surface area contributed by atoms with Gasteiger partial charge in [0.2, 0.25) is 0 Å². The van der Waals surface area contributed by atoms with Crippen LogP contribution in [0.15, 0.2) is 60.9 Å². The average molecular weight is 379 g/mol. The first kappa shape index (κ1) is 19.3. The molecule has 0 radical (unpaired) electrons. The van der Waals surface area contributed by atoms with Crippen molar-refractivity contribution in [3.63, 3.8) is 0 Å². The second-order valence-corrected chi connectivity index (χ2v) is 6.10. The van der Waals surface area contributed by atoms with E-state index >= 15 is 0 Å². The van der Waals surface area contributed by atoms with Gasteiger partial charge in [0.05, 0.1) is 0 Å². The number of halogens is 1. The molecule has 0 fully saturated rings. The lowest BCUT2D eigenvalue weighted by Gasteiger charge is -2.21. The van der Waals surface area contributed by atoms with E-state index in [2.05, 4.69) is 39.3 Å². The Balaban J connectivity index is 1.69. The molecule has 0 aliphatic heterocycles. The van der Waals surface area contributed by atoms with Crippen molar-refractivity contribution in [3.05, 3.63) is 72.4 Å². The molecule has 0 bridgehead atoms. The van der Waals surface area contributed by atoms with Crippen LogP contribution in [0.2, 0.25) is 0 Å². The van der Waals surface area contributed by atoms with E-state index in [0.717, 1.165) is 18.8 Å². The number of amides is 1. The molecule has 1 heterocycles. The summed E-state index contributed by atoms with van der Waals surface area (Å²) in [5.74, 6) is -0.298. The van der Waals surface area contributed by atoms with Crippen LogP contribution < -0.4 is 15.5 Å². The molecule has 6 nitrogen and oxygen atoms in total. The summed E-state index contributed by atoms with van der Waals surface area (Å²) in [6.07, 6.45) is 1.29. The van der Waals surface area contributed by atoms with E-state index in [9.17, 15) is 9.18 Å². The minimum absolute atomic E-state index is 0.210. The highest BCUT2D eigenvalue weighted by Gasteiger charge is 2.10. The van der Waals surface area contributed by atoms with E-state index in [1.54, 1.807) is 12.1 Å². The molecule has 0 aliphatic rings. The van der Waals surface area contributed by atoms with E-state index < -0.39 is 0 Å². The lowest BCUT2D eigenvalue weighted by Crippen LogP contribution is -2.21. The number of nitrogens with zero attached hydrogens (tertiary/aromatic N) is 3. The lowest BCUT2D eigenvalue weighted by atomic mass is 10.2. The quantitative estimate of drug-likeness (QED) is 0.634. The van der Waals surface area contributed by atoms with Gasteiger partial charge >= 0.3 is 0 Å². The van der Waals surface area contributed by atoms with Gasteiger partial charge in [-0.05, 0) is 56.3 Å². The fraction of sp³-hybridized carbons (Fsp3) is 0.190. The molecule has 28 heavy (non-hydrogen) atoms. The zero-order chi connectivity index (χ0) is 19.9. The highest BCUT2D eigenvalue weighted by molar-refractivity contribution is 6.03. The van der Waals surface area contributed by atoms with Crippen molar-refractivity contribution in [3.8, 4) is 0 Å². The van der Waals surface area contributed by atoms with E-state index in [1.807, 2.05) is 24.3 Å². The molecule has 7 heteroatoms. The Morgan fingerprint density at radius 2 is 1.75 bits per heavy atom. The Labute approximate surface area is 163 Å². The highest BCUT2D eigenvalue weighted by atomic mass is 19.1. The maximum absolute atomic E-state index is 13.3. The van der Waals surface area contributed by atoms with Gasteiger partial charge in [0, 0.05) is 36.2 Å². The Bertz CT molecular complexity index is 942. The van der Waals surface area contributed by atoms with Crippen LogP contribution in [0.3, 0.4) is 0 Å². The molecule has 0 saturated heterocycles. The molecular formula is C21H22FN5O. The number of carbonyl (C=O) groups is 1. The average Bonchev–Trinajstić information content (AvgIpc) is 2.70. The topological polar surface area (TPSA) is 70.2 Å². The first-order chi connectivity index (χ1) is 13.6. The molecule has 3 rings (SSSR count). The van der Waals surface area contributed by atoms with Gasteiger partial charge in [-0.25, -0.2) is 14.4 Å². The highest BCUT2D eigenvalue weighted by Crippen LogP contribution is 2.19. The Morgan fingerprint density at radius 1 is 1.00 bits per heavy atom. The lowest BCUT2D eigenvalue weighted by molar-refractivity contribution is 0.102. The third kappa shape index (κ3) is 4.82. The van der Waals surface area contributed by atoms with Gasteiger partial charge in [0.1, 0.15) is 23.7 Å². The van der Waals surface area contributed by atoms with Crippen LogP contribution >= 0.6 is 0 Å². The molecule has 3 aromatic rings. The van der Waals surface area contributed by atoms with Gasteiger partial charge < -0.3 is 15.5 Å². The van der Waals surface area contributed by atoms with Gasteiger partial charge in [-0.2, -0.15) is 0 Å². The summed E-state index contributed by atoms with van der Waals surface area (Å²) in [6, 6.07) is 15.2. The minimum Gasteiger partial charge on any atom is -0.372 e. The normalized spacial score (nSPS) is 10.4. The molecule has 0 saturated carbocycles. The Morgan fingerprint density at radius 3 is 2.43 bits per heavy atom. The minimum atomic E-state index is -0.356. The van der Waals surface area contributed by atoms with Crippen molar-refractivity contribution >= 4 is 28.8 Å². The van der Waals surface area contributed by atoms with E-state index in [1.165, 1.54) is 24.5 Å². The second-order valence-electron chi connectivity index (χ2n) is 6.10. The largest absolute Gasteiger partial charge is 0.372 e. The third-order valence-corrected chi connectivity index (χ3v) is 4.25. The summed E-state index contributed by atoms with van der Waals surface area (Å²) in [4.78, 5) is 22.8. The number of nitrogens with one attached hydrogen (secondary N) is 2. The molecule has 0 spiro atoms. The molecule has 0 unspecified atom stereocenters. The molecule has 2 N–H and O–H groups in total. The fourth-order valence-electron chi connectivity index (χ4n) is 2.80. The van der Waals surface area contributed by atoms with Crippen LogP contribution in [0, 0.1) is 5.82 Å². The second kappa shape index (κ2) is 8.94. The van der Waals surface area contributed by atoms with E-state index in [4.69, 9.17) is 0 Å². The predicted octanol–water partition coefficient (Wildman–Crippen LogP) is 4.46. The standard InChI is InChI=1S/C21H22FN5O/c1-3-27(4-2)18-10-8-16(9-11-18)26-21(28)19-13-20(24-14-23-19)25-17-7-5-6-15(22)12-17/h5-14H,3-4H2,1-2H3,(H,26,28)(H,23,24,25). The summed E-state index contributed by atoms with van der Waals surface area (Å²) in [7, 11) is 0. The van der Waals surface area contributed by atoms with Gasteiger partial charge in [-0.1, -0.05) is 6.07 Å². The first-order valence-electron chi connectivity index (χ1n) is 9.10. The van der Waals surface area contributed by atoms with Crippen LogP contribution in [-0.4, -0.2) is 29.0 Å². The van der Waals surface area contributed by atoms with Crippen molar-refractivity contribution < 1.29 is 9.18 Å². The van der Waals surface area contributed by atoms with Gasteiger partial charge in [-0.3, -0.25) is 4.79 Å². The van der Waals surface area contributed by atoms with Crippen LogP contribution in [-0.2, 0) is 0 Å². The van der Waals surface area contributed by atoms with Crippen molar-refractivity contribution in [1.82, 2.24) is 9.97 Å². The third-order valence-electron chi connectivity index (χ3n) is 4.25. The number of rotatable bonds is 7. The van der Waals surface area contributed by atoms with Crippen LogP contribution in [0.4, 0.5) is 27.3 Å². The SMILES string of the molecule is CCN(CC)c1ccc(NC(=O)c2cc(Nc3cccc(F)c3)ncn2)cc1. The summed E-state index contributed by atoms with van der Waals surface area (Å²) in [5.41, 5.74) is 2.53. The number of carbonyl (C=O) groups excluding carboxylic acids is 1. The van der Waals surface area contributed by atoms with Gasteiger partial charge in [0.25, 0.3) is 5.91 Å². The Kier molecular flexibility index (Phi) is 6.16. The molecule has 1 amide bonds. The van der Waals surface area contributed by atoms with Crippen molar-refractivity contribution in [2.45, 2.75) is 13.8 Å². The van der Waals surface area contributed by atoms with E-state index in [-0.39, 0.29) is 17.4 Å². The smallest absolute Gasteiger partial charge is 0.274 e. The van der Waals surface area contributed by atoms with E-state index in [0.29, 0.717) is 17.2 Å². The summed E-state index contributed by atoms with van der Waals surface area (Å²) in [6.45, 7) is 6.04. The number of hydrogen-bond donors (Lipinski definition) is 2. The van der Waals surface area contributed by atoms with Crippen molar-refractivity contribution in [2.75, 3.05) is 28.6 Å². The molecule has 0 atom stereocenters. The first-order valence-corrected chi connectivity index (χ1v) is 9.10. The molecule has 144 valence electrons. The number of anilines is 4. The van der Waals surface area contributed by atoms with Gasteiger partial charge in [-0.15, -0.1) is 0 Å². The zero-order valence-electron chi connectivity index (χ0n) is 15.8. The van der Waals surface area contributed by atoms with Crippen LogP contribution in [0.25, 0.3) is 0 Å². The van der Waals surface area contributed by atoms with Crippen molar-refractivity contribution in [2.24, 2.45) is 0 Å². The molecular weight excluding hydrogens is 357 g/mol. The number of aromatic nitrogens is 2.